The van der Waals surface area contributed by atoms with Crippen LogP contribution in [0.15, 0.2) is 24.3 Å². The molecule has 0 bridgehead atoms. The third-order valence-electron chi connectivity index (χ3n) is 3.16. The molecule has 2 rings (SSSR count). The highest BCUT2D eigenvalue weighted by atomic mass is 35.5. The summed E-state index contributed by atoms with van der Waals surface area (Å²) in [5, 5.41) is 6.94. The molecule has 19 heavy (non-hydrogen) atoms. The standard InChI is InChI=1S/C13H18ClN3O.ClH/c1-15-9-13(18)17-7-6-16-8-12(17)10-4-2-3-5-11(10)14;/h2-5,12,15-16H,6-9H2,1H3;1H. The van der Waals surface area contributed by atoms with Crippen LogP contribution in [0.2, 0.25) is 5.02 Å². The van der Waals surface area contributed by atoms with Crippen molar-refractivity contribution in [1.29, 1.82) is 0 Å². The van der Waals surface area contributed by atoms with Gasteiger partial charge in [0.1, 0.15) is 0 Å². The Bertz CT molecular complexity index is 428. The summed E-state index contributed by atoms with van der Waals surface area (Å²) >= 11 is 6.22. The van der Waals surface area contributed by atoms with E-state index in [1.807, 2.05) is 29.2 Å². The van der Waals surface area contributed by atoms with Gasteiger partial charge in [-0.25, -0.2) is 0 Å². The number of nitrogens with zero attached hydrogens (tertiary/aromatic N) is 1. The number of likely N-dealkylation sites (N-methyl/N-ethyl adjacent to an activating group) is 1. The summed E-state index contributed by atoms with van der Waals surface area (Å²) in [7, 11) is 1.78. The summed E-state index contributed by atoms with van der Waals surface area (Å²) in [5.41, 5.74) is 1.01. The molecule has 2 N–H and O–H groups in total. The van der Waals surface area contributed by atoms with Crippen LogP contribution in [0.4, 0.5) is 0 Å². The average molecular weight is 304 g/mol. The Morgan fingerprint density at radius 3 is 2.95 bits per heavy atom. The lowest BCUT2D eigenvalue weighted by Crippen LogP contribution is -2.50. The molecule has 1 fully saturated rings. The second kappa shape index (κ2) is 7.70. The minimum atomic E-state index is 0. The van der Waals surface area contributed by atoms with Crippen LogP contribution in [0.5, 0.6) is 0 Å². The number of benzene rings is 1. The van der Waals surface area contributed by atoms with Gasteiger partial charge >= 0.3 is 0 Å². The Morgan fingerprint density at radius 2 is 2.26 bits per heavy atom. The fourth-order valence-corrected chi connectivity index (χ4v) is 2.54. The van der Waals surface area contributed by atoms with Gasteiger partial charge in [-0.3, -0.25) is 4.79 Å². The third-order valence-corrected chi connectivity index (χ3v) is 3.50. The summed E-state index contributed by atoms with van der Waals surface area (Å²) in [5.74, 6) is 0.115. The van der Waals surface area contributed by atoms with E-state index >= 15 is 0 Å². The quantitative estimate of drug-likeness (QED) is 0.888. The second-order valence-corrected chi connectivity index (χ2v) is 4.77. The number of hydrogen-bond donors (Lipinski definition) is 2. The SMILES string of the molecule is CNCC(=O)N1CCNCC1c1ccccc1Cl.Cl. The van der Waals surface area contributed by atoms with E-state index in [0.29, 0.717) is 11.6 Å². The zero-order valence-electron chi connectivity index (χ0n) is 10.9. The molecular formula is C13H19Cl2N3O. The monoisotopic (exact) mass is 303 g/mol. The molecule has 0 radical (unpaired) electrons. The van der Waals surface area contributed by atoms with Gasteiger partial charge in [0.2, 0.25) is 5.91 Å². The van der Waals surface area contributed by atoms with E-state index in [4.69, 9.17) is 11.6 Å². The first-order valence-corrected chi connectivity index (χ1v) is 6.51. The van der Waals surface area contributed by atoms with E-state index in [1.165, 1.54) is 0 Å². The van der Waals surface area contributed by atoms with E-state index in [-0.39, 0.29) is 24.4 Å². The average Bonchev–Trinajstić information content (AvgIpc) is 2.40. The van der Waals surface area contributed by atoms with Crippen molar-refractivity contribution in [3.05, 3.63) is 34.9 Å². The maximum Gasteiger partial charge on any atom is 0.237 e. The molecule has 1 atom stereocenters. The molecule has 0 saturated carbocycles. The molecule has 1 aliphatic rings. The Labute approximate surface area is 124 Å². The summed E-state index contributed by atoms with van der Waals surface area (Å²) in [6.07, 6.45) is 0. The lowest BCUT2D eigenvalue weighted by atomic mass is 10.0. The van der Waals surface area contributed by atoms with Gasteiger partial charge in [-0.05, 0) is 18.7 Å². The predicted octanol–water partition coefficient (Wildman–Crippen LogP) is 1.45. The first-order chi connectivity index (χ1) is 8.74. The van der Waals surface area contributed by atoms with Crippen LogP contribution in [-0.2, 0) is 4.79 Å². The summed E-state index contributed by atoms with van der Waals surface area (Å²) in [6.45, 7) is 2.66. The number of halogens is 2. The van der Waals surface area contributed by atoms with Crippen molar-refractivity contribution in [2.75, 3.05) is 33.2 Å². The van der Waals surface area contributed by atoms with Crippen LogP contribution in [0.3, 0.4) is 0 Å². The minimum absolute atomic E-state index is 0. The highest BCUT2D eigenvalue weighted by Gasteiger charge is 2.28. The molecule has 0 spiro atoms. The summed E-state index contributed by atoms with van der Waals surface area (Å²) in [4.78, 5) is 14.0. The van der Waals surface area contributed by atoms with Crippen LogP contribution in [-0.4, -0.2) is 44.0 Å². The normalized spacial score (nSPS) is 18.8. The molecule has 106 valence electrons. The van der Waals surface area contributed by atoms with Crippen molar-refractivity contribution in [3.63, 3.8) is 0 Å². The molecule has 1 saturated heterocycles. The lowest BCUT2D eigenvalue weighted by molar-refractivity contribution is -0.133. The first-order valence-electron chi connectivity index (χ1n) is 6.13. The predicted molar refractivity (Wildman–Crippen MR) is 80.0 cm³/mol. The van der Waals surface area contributed by atoms with Gasteiger partial charge in [0, 0.05) is 24.7 Å². The summed E-state index contributed by atoms with van der Waals surface area (Å²) < 4.78 is 0. The Morgan fingerprint density at radius 1 is 1.53 bits per heavy atom. The van der Waals surface area contributed by atoms with Crippen molar-refractivity contribution in [3.8, 4) is 0 Å². The van der Waals surface area contributed by atoms with Crippen LogP contribution >= 0.6 is 24.0 Å². The third kappa shape index (κ3) is 3.83. The number of carbonyl (C=O) groups is 1. The zero-order chi connectivity index (χ0) is 13.0. The van der Waals surface area contributed by atoms with Gasteiger partial charge in [0.25, 0.3) is 0 Å². The topological polar surface area (TPSA) is 44.4 Å². The smallest absolute Gasteiger partial charge is 0.237 e. The molecule has 1 aromatic rings. The lowest BCUT2D eigenvalue weighted by Gasteiger charge is -2.37. The van der Waals surface area contributed by atoms with Gasteiger partial charge in [-0.1, -0.05) is 29.8 Å². The fourth-order valence-electron chi connectivity index (χ4n) is 2.28. The van der Waals surface area contributed by atoms with Crippen molar-refractivity contribution in [1.82, 2.24) is 15.5 Å². The molecule has 1 amide bonds. The van der Waals surface area contributed by atoms with E-state index in [9.17, 15) is 4.79 Å². The molecule has 0 aliphatic carbocycles. The summed E-state index contributed by atoms with van der Waals surface area (Å²) in [6, 6.07) is 7.73. The van der Waals surface area contributed by atoms with Crippen LogP contribution < -0.4 is 10.6 Å². The van der Waals surface area contributed by atoms with Gasteiger partial charge in [-0.15, -0.1) is 12.4 Å². The molecule has 1 aliphatic heterocycles. The molecule has 6 heteroatoms. The molecule has 1 heterocycles. The van der Waals surface area contributed by atoms with E-state index in [2.05, 4.69) is 10.6 Å². The number of rotatable bonds is 3. The van der Waals surface area contributed by atoms with E-state index in [1.54, 1.807) is 7.05 Å². The van der Waals surface area contributed by atoms with Crippen molar-refractivity contribution in [2.24, 2.45) is 0 Å². The molecular weight excluding hydrogens is 285 g/mol. The Balaban J connectivity index is 0.00000180. The highest BCUT2D eigenvalue weighted by molar-refractivity contribution is 6.31. The van der Waals surface area contributed by atoms with Crippen LogP contribution in [0.1, 0.15) is 11.6 Å². The van der Waals surface area contributed by atoms with E-state index in [0.717, 1.165) is 25.2 Å². The first kappa shape index (κ1) is 16.2. The van der Waals surface area contributed by atoms with E-state index < -0.39 is 0 Å². The number of carbonyl (C=O) groups excluding carboxylic acids is 1. The highest BCUT2D eigenvalue weighted by Crippen LogP contribution is 2.28. The number of hydrogen-bond acceptors (Lipinski definition) is 3. The minimum Gasteiger partial charge on any atom is -0.332 e. The van der Waals surface area contributed by atoms with Crippen LogP contribution in [0.25, 0.3) is 0 Å². The maximum absolute atomic E-state index is 12.1. The van der Waals surface area contributed by atoms with Crippen molar-refractivity contribution >= 4 is 29.9 Å². The molecule has 1 aromatic carbocycles. The van der Waals surface area contributed by atoms with Gasteiger partial charge < -0.3 is 15.5 Å². The number of nitrogens with one attached hydrogen (secondary N) is 2. The molecule has 0 aromatic heterocycles. The maximum atomic E-state index is 12.1. The molecule has 1 unspecified atom stereocenters. The Kier molecular flexibility index (Phi) is 6.58. The van der Waals surface area contributed by atoms with Gasteiger partial charge in [0.05, 0.1) is 12.6 Å². The zero-order valence-corrected chi connectivity index (χ0v) is 12.4. The molecule has 4 nitrogen and oxygen atoms in total. The van der Waals surface area contributed by atoms with Gasteiger partial charge in [0.15, 0.2) is 0 Å². The fraction of sp³-hybridized carbons (Fsp3) is 0.462. The van der Waals surface area contributed by atoms with Crippen molar-refractivity contribution < 1.29 is 4.79 Å². The van der Waals surface area contributed by atoms with Crippen LogP contribution in [0, 0.1) is 0 Å². The number of piperazine rings is 1. The second-order valence-electron chi connectivity index (χ2n) is 4.36. The van der Waals surface area contributed by atoms with Crippen molar-refractivity contribution in [2.45, 2.75) is 6.04 Å². The van der Waals surface area contributed by atoms with Gasteiger partial charge in [-0.2, -0.15) is 0 Å². The largest absolute Gasteiger partial charge is 0.332 e. The number of amides is 1. The Hall–Kier alpha value is -0.810.